The van der Waals surface area contributed by atoms with Gasteiger partial charge in [-0.1, -0.05) is 18.2 Å². The highest BCUT2D eigenvalue weighted by Gasteiger charge is 2.04. The topological polar surface area (TPSA) is 42.2 Å². The van der Waals surface area contributed by atoms with Gasteiger partial charge in [0.2, 0.25) is 5.13 Å². The number of hydrazone groups is 1. The molecule has 0 saturated heterocycles. The summed E-state index contributed by atoms with van der Waals surface area (Å²) in [6.07, 6.45) is 3.98. The Kier molecular flexibility index (Phi) is 3.52. The third-order valence-corrected chi connectivity index (χ3v) is 4.01. The number of rotatable bonds is 4. The van der Waals surface area contributed by atoms with E-state index in [4.69, 9.17) is 0 Å². The molecule has 2 aromatic heterocycles. The average Bonchev–Trinajstić information content (AvgIpc) is 3.03. The Labute approximate surface area is 121 Å². The molecule has 0 unspecified atom stereocenters. The molecular formula is C15H16N4S. The van der Waals surface area contributed by atoms with Crippen LogP contribution in [0.1, 0.15) is 18.2 Å². The van der Waals surface area contributed by atoms with Gasteiger partial charge in [-0.05, 0) is 19.9 Å². The Hall–Kier alpha value is -2.14. The summed E-state index contributed by atoms with van der Waals surface area (Å²) in [6, 6.07) is 8.37. The number of benzene rings is 1. The number of hydrogen-bond donors (Lipinski definition) is 1. The number of fused-ring (bicyclic) bond motifs is 1. The monoisotopic (exact) mass is 284 g/mol. The fourth-order valence-corrected chi connectivity index (χ4v) is 2.84. The second kappa shape index (κ2) is 5.46. The molecule has 0 aliphatic rings. The molecule has 4 nitrogen and oxygen atoms in total. The number of aryl methyl sites for hydroxylation is 2. The van der Waals surface area contributed by atoms with Gasteiger partial charge in [-0.25, -0.2) is 4.98 Å². The van der Waals surface area contributed by atoms with Crippen LogP contribution in [-0.2, 0) is 6.54 Å². The summed E-state index contributed by atoms with van der Waals surface area (Å²) in [7, 11) is 0. The predicted octanol–water partition coefficient (Wildman–Crippen LogP) is 3.87. The number of nitrogens with zero attached hydrogens (tertiary/aromatic N) is 3. The summed E-state index contributed by atoms with van der Waals surface area (Å²) in [6.45, 7) is 5.07. The summed E-state index contributed by atoms with van der Waals surface area (Å²) >= 11 is 1.56. The molecule has 0 spiro atoms. The summed E-state index contributed by atoms with van der Waals surface area (Å²) < 4.78 is 2.23. The van der Waals surface area contributed by atoms with Gasteiger partial charge in [0.05, 0.1) is 11.9 Å². The van der Waals surface area contributed by atoms with Crippen LogP contribution in [0.2, 0.25) is 0 Å². The van der Waals surface area contributed by atoms with Crippen molar-refractivity contribution in [3.63, 3.8) is 0 Å². The van der Waals surface area contributed by atoms with E-state index >= 15 is 0 Å². The first kappa shape index (κ1) is 12.9. The Morgan fingerprint density at radius 3 is 3.00 bits per heavy atom. The zero-order valence-electron chi connectivity index (χ0n) is 11.5. The summed E-state index contributed by atoms with van der Waals surface area (Å²) in [5.41, 5.74) is 6.33. The summed E-state index contributed by atoms with van der Waals surface area (Å²) in [5, 5.41) is 8.32. The van der Waals surface area contributed by atoms with E-state index in [-0.39, 0.29) is 0 Å². The molecule has 3 aromatic rings. The molecule has 20 heavy (non-hydrogen) atoms. The highest BCUT2D eigenvalue weighted by molar-refractivity contribution is 7.13. The lowest BCUT2D eigenvalue weighted by molar-refractivity contribution is 0.797. The van der Waals surface area contributed by atoms with Gasteiger partial charge in [-0.15, -0.1) is 11.3 Å². The first-order valence-corrected chi connectivity index (χ1v) is 7.45. The van der Waals surface area contributed by atoms with Crippen molar-refractivity contribution in [1.82, 2.24) is 9.55 Å². The fourth-order valence-electron chi connectivity index (χ4n) is 2.20. The largest absolute Gasteiger partial charge is 0.347 e. The lowest BCUT2D eigenvalue weighted by Gasteiger charge is -1.97. The molecule has 3 rings (SSSR count). The molecule has 2 heterocycles. The van der Waals surface area contributed by atoms with Crippen molar-refractivity contribution >= 4 is 33.6 Å². The van der Waals surface area contributed by atoms with Crippen molar-refractivity contribution < 1.29 is 0 Å². The van der Waals surface area contributed by atoms with Crippen LogP contribution in [0.25, 0.3) is 10.9 Å². The molecule has 1 N–H and O–H groups in total. The van der Waals surface area contributed by atoms with E-state index in [2.05, 4.69) is 57.5 Å². The number of hydrogen-bond acceptors (Lipinski definition) is 4. The third kappa shape index (κ3) is 2.44. The van der Waals surface area contributed by atoms with E-state index in [1.165, 1.54) is 10.9 Å². The number of aromatic nitrogens is 2. The SMILES string of the molecule is CCn1cc(/C=N\Nc2nc(C)cs2)c2ccccc21. The second-order valence-corrected chi connectivity index (χ2v) is 5.41. The number of anilines is 1. The molecule has 1 aromatic carbocycles. The molecule has 0 bridgehead atoms. The van der Waals surface area contributed by atoms with Crippen LogP contribution in [0.15, 0.2) is 40.9 Å². The lowest BCUT2D eigenvalue weighted by atomic mass is 10.2. The smallest absolute Gasteiger partial charge is 0.203 e. The molecule has 102 valence electrons. The van der Waals surface area contributed by atoms with E-state index in [1.807, 2.05) is 18.5 Å². The van der Waals surface area contributed by atoms with Crippen molar-refractivity contribution in [2.24, 2.45) is 5.10 Å². The zero-order chi connectivity index (χ0) is 13.9. The first-order valence-electron chi connectivity index (χ1n) is 6.57. The standard InChI is InChI=1S/C15H16N4S/c1-3-19-9-12(13-6-4-5-7-14(13)19)8-16-18-15-17-11(2)10-20-15/h4-10H,3H2,1-2H3,(H,17,18)/b16-8-. The summed E-state index contributed by atoms with van der Waals surface area (Å²) in [4.78, 5) is 4.31. The van der Waals surface area contributed by atoms with Gasteiger partial charge < -0.3 is 4.57 Å². The van der Waals surface area contributed by atoms with Crippen LogP contribution in [0, 0.1) is 6.92 Å². The number of nitrogens with one attached hydrogen (secondary N) is 1. The van der Waals surface area contributed by atoms with Crippen molar-refractivity contribution in [3.8, 4) is 0 Å². The number of para-hydroxylation sites is 1. The molecular weight excluding hydrogens is 268 g/mol. The van der Waals surface area contributed by atoms with E-state index < -0.39 is 0 Å². The van der Waals surface area contributed by atoms with Gasteiger partial charge in [-0.2, -0.15) is 5.10 Å². The maximum Gasteiger partial charge on any atom is 0.203 e. The van der Waals surface area contributed by atoms with Crippen LogP contribution >= 0.6 is 11.3 Å². The van der Waals surface area contributed by atoms with E-state index in [1.54, 1.807) is 11.3 Å². The van der Waals surface area contributed by atoms with Gasteiger partial charge >= 0.3 is 0 Å². The van der Waals surface area contributed by atoms with Crippen LogP contribution in [0.5, 0.6) is 0 Å². The first-order chi connectivity index (χ1) is 9.78. The van der Waals surface area contributed by atoms with Crippen molar-refractivity contribution in [3.05, 3.63) is 47.1 Å². The minimum Gasteiger partial charge on any atom is -0.347 e. The normalized spacial score (nSPS) is 11.5. The maximum atomic E-state index is 4.31. The minimum absolute atomic E-state index is 0.818. The average molecular weight is 284 g/mol. The molecule has 0 atom stereocenters. The van der Waals surface area contributed by atoms with Crippen LogP contribution in [-0.4, -0.2) is 15.8 Å². The Balaban J connectivity index is 1.87. The molecule has 0 radical (unpaired) electrons. The zero-order valence-corrected chi connectivity index (χ0v) is 12.3. The highest BCUT2D eigenvalue weighted by atomic mass is 32.1. The Morgan fingerprint density at radius 1 is 1.40 bits per heavy atom. The Bertz CT molecular complexity index is 754. The Morgan fingerprint density at radius 2 is 2.25 bits per heavy atom. The van der Waals surface area contributed by atoms with Crippen LogP contribution in [0.3, 0.4) is 0 Å². The minimum atomic E-state index is 0.818. The van der Waals surface area contributed by atoms with Gasteiger partial charge in [-0.3, -0.25) is 5.43 Å². The van der Waals surface area contributed by atoms with Crippen LogP contribution < -0.4 is 5.43 Å². The molecule has 5 heteroatoms. The lowest BCUT2D eigenvalue weighted by Crippen LogP contribution is -1.91. The van der Waals surface area contributed by atoms with E-state index in [0.717, 1.165) is 22.9 Å². The highest BCUT2D eigenvalue weighted by Crippen LogP contribution is 2.20. The maximum absolute atomic E-state index is 4.31. The van der Waals surface area contributed by atoms with Gasteiger partial charge in [0.25, 0.3) is 0 Å². The van der Waals surface area contributed by atoms with Crippen molar-refractivity contribution in [1.29, 1.82) is 0 Å². The van der Waals surface area contributed by atoms with Crippen LogP contribution in [0.4, 0.5) is 5.13 Å². The fraction of sp³-hybridized carbons (Fsp3) is 0.200. The van der Waals surface area contributed by atoms with E-state index in [9.17, 15) is 0 Å². The predicted molar refractivity (Wildman–Crippen MR) is 85.7 cm³/mol. The molecule has 0 aliphatic heterocycles. The molecule has 0 aliphatic carbocycles. The second-order valence-electron chi connectivity index (χ2n) is 4.55. The molecule has 0 amide bonds. The van der Waals surface area contributed by atoms with Crippen molar-refractivity contribution in [2.75, 3.05) is 5.43 Å². The van der Waals surface area contributed by atoms with Gasteiger partial charge in [0.1, 0.15) is 0 Å². The van der Waals surface area contributed by atoms with Gasteiger partial charge in [0, 0.05) is 34.6 Å². The summed E-state index contributed by atoms with van der Waals surface area (Å²) in [5.74, 6) is 0. The quantitative estimate of drug-likeness (QED) is 0.583. The van der Waals surface area contributed by atoms with E-state index in [0.29, 0.717) is 0 Å². The number of thiazole rings is 1. The molecule has 0 fully saturated rings. The third-order valence-electron chi connectivity index (χ3n) is 3.14. The van der Waals surface area contributed by atoms with Crippen molar-refractivity contribution in [2.45, 2.75) is 20.4 Å². The molecule has 0 saturated carbocycles. The van der Waals surface area contributed by atoms with Gasteiger partial charge in [0.15, 0.2) is 0 Å².